The lowest BCUT2D eigenvalue weighted by molar-refractivity contribution is 0.0933. The lowest BCUT2D eigenvalue weighted by Crippen LogP contribution is -2.28. The highest BCUT2D eigenvalue weighted by molar-refractivity contribution is 6.00. The molecular weight excluding hydrogens is 316 g/mol. The molecule has 0 spiro atoms. The summed E-state index contributed by atoms with van der Waals surface area (Å²) in [5.74, 6) is 0.738. The van der Waals surface area contributed by atoms with Crippen LogP contribution in [0.15, 0.2) is 59.1 Å². The molecule has 25 heavy (non-hydrogen) atoms. The summed E-state index contributed by atoms with van der Waals surface area (Å²) in [7, 11) is 1.94. The standard InChI is InChI=1S/C19H20N4O2/c1-13(19-21-14(2)22-25-19)20-18(24)16-11-7-8-12-17(16)23(3)15-9-5-4-6-10-15/h4-13H,1-3H3,(H,20,24)/t13-/m1/s1. The van der Waals surface area contributed by atoms with Gasteiger partial charge in [0.25, 0.3) is 5.91 Å². The van der Waals surface area contributed by atoms with E-state index in [1.807, 2.05) is 67.4 Å². The van der Waals surface area contributed by atoms with Gasteiger partial charge >= 0.3 is 0 Å². The molecule has 1 amide bonds. The van der Waals surface area contributed by atoms with Gasteiger partial charge in [-0.3, -0.25) is 4.79 Å². The van der Waals surface area contributed by atoms with Crippen LogP contribution < -0.4 is 10.2 Å². The Hall–Kier alpha value is -3.15. The number of nitrogens with one attached hydrogen (secondary N) is 1. The van der Waals surface area contributed by atoms with E-state index >= 15 is 0 Å². The molecule has 0 radical (unpaired) electrons. The Kier molecular flexibility index (Phi) is 4.79. The van der Waals surface area contributed by atoms with Gasteiger partial charge in [-0.1, -0.05) is 35.5 Å². The van der Waals surface area contributed by atoms with E-state index in [9.17, 15) is 4.79 Å². The smallest absolute Gasteiger partial charge is 0.254 e. The maximum absolute atomic E-state index is 12.8. The number of amides is 1. The first-order chi connectivity index (χ1) is 12.1. The number of aromatic nitrogens is 2. The van der Waals surface area contributed by atoms with E-state index < -0.39 is 0 Å². The number of hydrogen-bond donors (Lipinski definition) is 1. The fraction of sp³-hybridized carbons (Fsp3) is 0.211. The molecule has 0 saturated heterocycles. The summed E-state index contributed by atoms with van der Waals surface area (Å²) < 4.78 is 5.12. The molecule has 3 aromatic rings. The summed E-state index contributed by atoms with van der Waals surface area (Å²) in [5, 5.41) is 6.67. The molecule has 6 nitrogen and oxygen atoms in total. The van der Waals surface area contributed by atoms with Gasteiger partial charge in [0, 0.05) is 12.7 Å². The van der Waals surface area contributed by atoms with Crippen molar-refractivity contribution in [2.24, 2.45) is 0 Å². The third-order valence-corrected chi connectivity index (χ3v) is 3.91. The predicted octanol–water partition coefficient (Wildman–Crippen LogP) is 3.64. The average Bonchev–Trinajstić information content (AvgIpc) is 3.08. The van der Waals surface area contributed by atoms with Crippen LogP contribution in [0.2, 0.25) is 0 Å². The maximum Gasteiger partial charge on any atom is 0.254 e. The number of para-hydroxylation sites is 2. The molecule has 2 aromatic carbocycles. The monoisotopic (exact) mass is 336 g/mol. The molecule has 1 N–H and O–H groups in total. The highest BCUT2D eigenvalue weighted by Crippen LogP contribution is 2.27. The summed E-state index contributed by atoms with van der Waals surface area (Å²) in [4.78, 5) is 18.9. The summed E-state index contributed by atoms with van der Waals surface area (Å²) >= 11 is 0. The molecule has 3 rings (SSSR count). The normalized spacial score (nSPS) is 11.8. The Morgan fingerprint density at radius 1 is 1.12 bits per heavy atom. The maximum atomic E-state index is 12.8. The molecular formula is C19H20N4O2. The van der Waals surface area contributed by atoms with Crippen molar-refractivity contribution < 1.29 is 9.32 Å². The Labute approximate surface area is 146 Å². The van der Waals surface area contributed by atoms with Gasteiger partial charge in [0.05, 0.1) is 11.3 Å². The van der Waals surface area contributed by atoms with Crippen molar-refractivity contribution in [1.29, 1.82) is 0 Å². The summed E-state index contributed by atoms with van der Waals surface area (Å²) in [6, 6.07) is 17.0. The number of hydrogen-bond acceptors (Lipinski definition) is 5. The zero-order valence-electron chi connectivity index (χ0n) is 14.4. The third-order valence-electron chi connectivity index (χ3n) is 3.91. The quantitative estimate of drug-likeness (QED) is 0.770. The number of carbonyl (C=O) groups is 1. The van der Waals surface area contributed by atoms with Crippen LogP contribution >= 0.6 is 0 Å². The molecule has 0 bridgehead atoms. The molecule has 0 unspecified atom stereocenters. The second kappa shape index (κ2) is 7.17. The molecule has 0 fully saturated rings. The van der Waals surface area contributed by atoms with Crippen molar-refractivity contribution in [3.63, 3.8) is 0 Å². The van der Waals surface area contributed by atoms with Crippen LogP contribution in [0, 0.1) is 6.92 Å². The zero-order chi connectivity index (χ0) is 17.8. The number of rotatable bonds is 5. The molecule has 0 aliphatic carbocycles. The molecule has 1 aromatic heterocycles. The first kappa shape index (κ1) is 16.7. The number of aryl methyl sites for hydroxylation is 1. The van der Waals surface area contributed by atoms with Crippen molar-refractivity contribution in [3.05, 3.63) is 71.9 Å². The number of nitrogens with zero attached hydrogens (tertiary/aromatic N) is 3. The fourth-order valence-electron chi connectivity index (χ4n) is 2.57. The highest BCUT2D eigenvalue weighted by atomic mass is 16.5. The minimum Gasteiger partial charge on any atom is -0.344 e. The van der Waals surface area contributed by atoms with E-state index in [0.29, 0.717) is 17.3 Å². The van der Waals surface area contributed by atoms with Crippen LogP contribution in [-0.2, 0) is 0 Å². The number of carbonyl (C=O) groups excluding carboxylic acids is 1. The highest BCUT2D eigenvalue weighted by Gasteiger charge is 2.20. The van der Waals surface area contributed by atoms with E-state index in [1.165, 1.54) is 0 Å². The van der Waals surface area contributed by atoms with Gasteiger partial charge in [-0.15, -0.1) is 0 Å². The van der Waals surface area contributed by atoms with Crippen LogP contribution in [0.25, 0.3) is 0 Å². The lowest BCUT2D eigenvalue weighted by atomic mass is 10.1. The van der Waals surface area contributed by atoms with Crippen LogP contribution in [-0.4, -0.2) is 23.1 Å². The Morgan fingerprint density at radius 3 is 2.48 bits per heavy atom. The molecule has 6 heteroatoms. The SMILES string of the molecule is Cc1noc([C@@H](C)NC(=O)c2ccccc2N(C)c2ccccc2)n1. The minimum atomic E-state index is -0.371. The Balaban J connectivity index is 1.84. The van der Waals surface area contributed by atoms with Gasteiger partial charge in [0.1, 0.15) is 6.04 Å². The third kappa shape index (κ3) is 3.68. The first-order valence-electron chi connectivity index (χ1n) is 8.05. The van der Waals surface area contributed by atoms with Crippen LogP contribution in [0.1, 0.15) is 35.0 Å². The Bertz CT molecular complexity index is 861. The molecule has 1 atom stereocenters. The van der Waals surface area contributed by atoms with Gasteiger partial charge in [0.2, 0.25) is 5.89 Å². The number of anilines is 2. The van der Waals surface area contributed by atoms with Crippen LogP contribution in [0.4, 0.5) is 11.4 Å². The largest absolute Gasteiger partial charge is 0.344 e. The van der Waals surface area contributed by atoms with E-state index in [2.05, 4.69) is 15.5 Å². The average molecular weight is 336 g/mol. The van der Waals surface area contributed by atoms with Crippen molar-refractivity contribution in [2.75, 3.05) is 11.9 Å². The fourth-order valence-corrected chi connectivity index (χ4v) is 2.57. The van der Waals surface area contributed by atoms with Crippen molar-refractivity contribution in [3.8, 4) is 0 Å². The summed E-state index contributed by atoms with van der Waals surface area (Å²) in [5.41, 5.74) is 2.40. The van der Waals surface area contributed by atoms with Gasteiger partial charge in [-0.25, -0.2) is 0 Å². The van der Waals surface area contributed by atoms with Crippen LogP contribution in [0.3, 0.4) is 0 Å². The second-order valence-electron chi connectivity index (χ2n) is 5.79. The van der Waals surface area contributed by atoms with E-state index in [1.54, 1.807) is 13.0 Å². The van der Waals surface area contributed by atoms with Crippen LogP contribution in [0.5, 0.6) is 0 Å². The summed E-state index contributed by atoms with van der Waals surface area (Å²) in [6.45, 7) is 3.56. The molecule has 128 valence electrons. The van der Waals surface area contributed by atoms with Crippen molar-refractivity contribution >= 4 is 17.3 Å². The molecule has 0 aliphatic rings. The second-order valence-corrected chi connectivity index (χ2v) is 5.79. The molecule has 0 aliphatic heterocycles. The van der Waals surface area contributed by atoms with E-state index in [4.69, 9.17) is 4.52 Å². The molecule has 0 saturated carbocycles. The lowest BCUT2D eigenvalue weighted by Gasteiger charge is -2.22. The summed E-state index contributed by atoms with van der Waals surface area (Å²) in [6.07, 6.45) is 0. The zero-order valence-corrected chi connectivity index (χ0v) is 14.4. The molecule has 1 heterocycles. The van der Waals surface area contributed by atoms with Gasteiger partial charge in [0.15, 0.2) is 5.82 Å². The topological polar surface area (TPSA) is 71.3 Å². The predicted molar refractivity (Wildman–Crippen MR) is 95.9 cm³/mol. The van der Waals surface area contributed by atoms with Crippen molar-refractivity contribution in [1.82, 2.24) is 15.5 Å². The van der Waals surface area contributed by atoms with Crippen molar-refractivity contribution in [2.45, 2.75) is 19.9 Å². The van der Waals surface area contributed by atoms with Gasteiger partial charge in [-0.05, 0) is 38.1 Å². The van der Waals surface area contributed by atoms with E-state index in [-0.39, 0.29) is 11.9 Å². The Morgan fingerprint density at radius 2 is 1.80 bits per heavy atom. The number of benzene rings is 2. The van der Waals surface area contributed by atoms with Gasteiger partial charge < -0.3 is 14.7 Å². The van der Waals surface area contributed by atoms with Gasteiger partial charge in [-0.2, -0.15) is 4.98 Å². The minimum absolute atomic E-state index is 0.193. The van der Waals surface area contributed by atoms with E-state index in [0.717, 1.165) is 11.4 Å². The first-order valence-corrected chi connectivity index (χ1v) is 8.05.